The summed E-state index contributed by atoms with van der Waals surface area (Å²) >= 11 is 0. The van der Waals surface area contributed by atoms with Gasteiger partial charge in [0.25, 0.3) is 5.92 Å². The molecule has 1 saturated carbocycles. The van der Waals surface area contributed by atoms with Crippen molar-refractivity contribution < 1.29 is 27.4 Å². The summed E-state index contributed by atoms with van der Waals surface area (Å²) in [5, 5.41) is 16.1. The zero-order chi connectivity index (χ0) is 32.3. The van der Waals surface area contributed by atoms with Crippen LogP contribution in [0, 0.1) is 29.4 Å². The molecule has 9 rings (SSSR count). The average Bonchev–Trinajstić information content (AvgIpc) is 3.38. The van der Waals surface area contributed by atoms with Gasteiger partial charge in [-0.1, -0.05) is 12.0 Å². The van der Waals surface area contributed by atoms with Gasteiger partial charge in [0.15, 0.2) is 5.82 Å². The Bertz CT molecular complexity index is 1900. The predicted octanol–water partition coefficient (Wildman–Crippen LogP) is 4.15. The molecular formula is C35H34F4N6O2. The molecule has 8 nitrogen and oxygen atoms in total. The van der Waals surface area contributed by atoms with Crippen molar-refractivity contribution in [1.29, 1.82) is 0 Å². The van der Waals surface area contributed by atoms with E-state index in [4.69, 9.17) is 11.2 Å². The van der Waals surface area contributed by atoms with Gasteiger partial charge < -0.3 is 20.1 Å². The van der Waals surface area contributed by atoms with Crippen LogP contribution >= 0.6 is 0 Å². The molecule has 3 aromatic rings. The molecular weight excluding hydrogens is 612 g/mol. The topological polar surface area (TPSA) is 86.6 Å². The summed E-state index contributed by atoms with van der Waals surface area (Å²) in [7, 11) is 0. The predicted molar refractivity (Wildman–Crippen MR) is 164 cm³/mol. The number of benzene rings is 1. The van der Waals surface area contributed by atoms with Gasteiger partial charge in [0.2, 0.25) is 0 Å². The smallest absolute Gasteiger partial charge is 0.317 e. The highest BCUT2D eigenvalue weighted by molar-refractivity contribution is 5.80. The summed E-state index contributed by atoms with van der Waals surface area (Å²) in [6.45, 7) is 2.50. The highest BCUT2D eigenvalue weighted by Crippen LogP contribution is 2.69. The number of likely N-dealkylation sites (tertiary alicyclic amines) is 1. The largest absolute Gasteiger partial charge is 0.461 e. The number of nitrogens with one attached hydrogen (secondary N) is 1. The lowest BCUT2D eigenvalue weighted by Gasteiger charge is -2.41. The quantitative estimate of drug-likeness (QED) is 0.316. The number of ether oxygens (including phenoxy) is 1. The highest BCUT2D eigenvalue weighted by Gasteiger charge is 2.77. The molecule has 4 aliphatic heterocycles. The van der Waals surface area contributed by atoms with Crippen molar-refractivity contribution in [3.63, 3.8) is 0 Å². The molecule has 4 saturated heterocycles. The summed E-state index contributed by atoms with van der Waals surface area (Å²) < 4.78 is 66.1. The normalized spacial score (nSPS) is 33.5. The van der Waals surface area contributed by atoms with E-state index in [1.54, 1.807) is 12.1 Å². The zero-order valence-electron chi connectivity index (χ0n) is 25.7. The van der Waals surface area contributed by atoms with Crippen LogP contribution in [0.2, 0.25) is 0 Å². The lowest BCUT2D eigenvalue weighted by Crippen LogP contribution is -2.51. The third-order valence-electron chi connectivity index (χ3n) is 11.6. The summed E-state index contributed by atoms with van der Waals surface area (Å²) in [5.41, 5.74) is -1.89. The van der Waals surface area contributed by atoms with Crippen LogP contribution in [0.25, 0.3) is 16.6 Å². The number of rotatable bonds is 5. The number of pyridine rings is 1. The van der Waals surface area contributed by atoms with Crippen molar-refractivity contribution in [3.05, 3.63) is 64.6 Å². The van der Waals surface area contributed by atoms with E-state index in [1.807, 2.05) is 0 Å². The first-order valence-electron chi connectivity index (χ1n) is 16.3. The van der Waals surface area contributed by atoms with Crippen LogP contribution in [-0.2, 0) is 12.0 Å². The minimum atomic E-state index is -2.65. The first-order chi connectivity index (χ1) is 22.5. The van der Waals surface area contributed by atoms with Gasteiger partial charge in [0.1, 0.15) is 29.2 Å². The molecule has 5 atom stereocenters. The third-order valence-corrected chi connectivity index (χ3v) is 11.6. The molecule has 47 heavy (non-hydrogen) atoms. The number of terminal acetylenes is 1. The molecule has 0 radical (unpaired) electrons. The number of hydrogen-bond acceptors (Lipinski definition) is 8. The number of alkyl halides is 2. The first-order valence-corrected chi connectivity index (χ1v) is 16.3. The average molecular weight is 647 g/mol. The van der Waals surface area contributed by atoms with Crippen LogP contribution < -0.4 is 10.1 Å². The maximum Gasteiger partial charge on any atom is 0.317 e. The Morgan fingerprint density at radius 2 is 1.87 bits per heavy atom. The number of aromatic nitrogens is 3. The van der Waals surface area contributed by atoms with Gasteiger partial charge in [0.05, 0.1) is 16.5 Å². The lowest BCUT2D eigenvalue weighted by molar-refractivity contribution is 0.0647. The molecule has 2 aromatic heterocycles. The number of fused-ring (bicyclic) bond motifs is 5. The fraction of sp³-hybridized carbons (Fsp3) is 0.514. The van der Waals surface area contributed by atoms with E-state index in [2.05, 4.69) is 36.0 Å². The minimum absolute atomic E-state index is 0.0686. The molecule has 2 bridgehead atoms. The van der Waals surface area contributed by atoms with Gasteiger partial charge in [-0.15, -0.1) is 6.42 Å². The van der Waals surface area contributed by atoms with Crippen molar-refractivity contribution >= 4 is 16.6 Å². The monoisotopic (exact) mass is 646 g/mol. The van der Waals surface area contributed by atoms with Crippen LogP contribution in [0.3, 0.4) is 0 Å². The van der Waals surface area contributed by atoms with Crippen molar-refractivity contribution in [3.8, 4) is 18.4 Å². The summed E-state index contributed by atoms with van der Waals surface area (Å²) in [6, 6.07) is 3.28. The molecule has 12 heteroatoms. The van der Waals surface area contributed by atoms with Crippen molar-refractivity contribution in [1.82, 2.24) is 30.1 Å². The minimum Gasteiger partial charge on any atom is -0.461 e. The SMILES string of the molecule is C#Cc1c(F)ccc2c1C(N1C[C@H]3CC[C@@H](C1)N3)=CC(O)(c1ncc3cnc(OC[C@]45CCCN4C[C@]4(CC4(F)F)C5)nc3c1F)C2. The number of hydrogen-bond donors (Lipinski definition) is 2. The fourth-order valence-electron chi connectivity index (χ4n) is 9.21. The van der Waals surface area contributed by atoms with Gasteiger partial charge in [-0.25, -0.2) is 22.5 Å². The Balaban J connectivity index is 1.06. The Kier molecular flexibility index (Phi) is 6.17. The molecule has 244 valence electrons. The number of aliphatic hydroxyl groups is 1. The maximum atomic E-state index is 16.5. The highest BCUT2D eigenvalue weighted by atomic mass is 19.3. The summed E-state index contributed by atoms with van der Waals surface area (Å²) in [6.07, 6.45) is 14.0. The molecule has 5 fully saturated rings. The van der Waals surface area contributed by atoms with E-state index in [0.717, 1.165) is 32.2 Å². The van der Waals surface area contributed by atoms with E-state index in [9.17, 15) is 18.3 Å². The first kappa shape index (κ1) is 29.4. The van der Waals surface area contributed by atoms with Gasteiger partial charge >= 0.3 is 6.01 Å². The zero-order valence-corrected chi connectivity index (χ0v) is 25.7. The van der Waals surface area contributed by atoms with Crippen molar-refractivity contribution in [2.45, 2.75) is 74.1 Å². The summed E-state index contributed by atoms with van der Waals surface area (Å²) in [4.78, 5) is 17.2. The molecule has 6 aliphatic rings. The Labute approximate surface area is 269 Å². The second kappa shape index (κ2) is 9.87. The number of nitrogens with zero attached hydrogens (tertiary/aromatic N) is 5. The van der Waals surface area contributed by atoms with Crippen LogP contribution in [-0.4, -0.2) is 86.2 Å². The molecule has 1 spiro atoms. The lowest BCUT2D eigenvalue weighted by atomic mass is 9.79. The van der Waals surface area contributed by atoms with E-state index < -0.39 is 34.1 Å². The van der Waals surface area contributed by atoms with Gasteiger partial charge in [-0.2, -0.15) is 4.98 Å². The van der Waals surface area contributed by atoms with Crippen LogP contribution in [0.15, 0.2) is 30.6 Å². The number of halogens is 4. The van der Waals surface area contributed by atoms with Crippen LogP contribution in [0.1, 0.15) is 60.9 Å². The molecule has 1 aromatic carbocycles. The Morgan fingerprint density at radius 1 is 1.11 bits per heavy atom. The second-order valence-electron chi connectivity index (χ2n) is 14.5. The van der Waals surface area contributed by atoms with E-state index in [-0.39, 0.29) is 54.3 Å². The Morgan fingerprint density at radius 3 is 2.62 bits per heavy atom. The third kappa shape index (κ3) is 4.35. The van der Waals surface area contributed by atoms with Crippen molar-refractivity contribution in [2.24, 2.45) is 5.41 Å². The van der Waals surface area contributed by atoms with Crippen LogP contribution in [0.4, 0.5) is 17.6 Å². The molecule has 6 heterocycles. The maximum absolute atomic E-state index is 16.5. The second-order valence-corrected chi connectivity index (χ2v) is 14.5. The molecule has 2 N–H and O–H groups in total. The molecule has 2 aliphatic carbocycles. The number of piperazine rings is 1. The Hall–Kier alpha value is -3.79. The van der Waals surface area contributed by atoms with E-state index in [1.165, 1.54) is 18.5 Å². The van der Waals surface area contributed by atoms with E-state index >= 15 is 4.39 Å². The van der Waals surface area contributed by atoms with Gasteiger partial charge in [0, 0.05) is 73.6 Å². The molecule has 1 unspecified atom stereocenters. The van der Waals surface area contributed by atoms with Gasteiger partial charge in [-0.05, 0) is 56.4 Å². The van der Waals surface area contributed by atoms with Crippen LogP contribution in [0.5, 0.6) is 6.01 Å². The van der Waals surface area contributed by atoms with E-state index in [0.29, 0.717) is 48.3 Å². The molecule has 0 amide bonds. The summed E-state index contributed by atoms with van der Waals surface area (Å²) in [5.74, 6) is -1.50. The van der Waals surface area contributed by atoms with Gasteiger partial charge in [-0.3, -0.25) is 9.88 Å². The van der Waals surface area contributed by atoms with Crippen molar-refractivity contribution in [2.75, 3.05) is 32.8 Å². The fourth-order valence-corrected chi connectivity index (χ4v) is 9.21. The standard InChI is InChI=1S/C35H34F4N6O2/c1-2-24-25(36)7-4-20-10-34(46,11-26(27(20)24)44-14-22-5-6-23(15-44)42-22)30-28(37)29-21(12-40-30)13-41-31(43-29)47-19-33-8-3-9-45(33)18-32(16-33)17-35(32,38)39/h1,4,7,11-13,22-23,42,46H,3,5-6,8-10,14-19H2/t22-,23+,32-,33-,34?/m1/s1.